The molecule has 0 aliphatic rings. The van der Waals surface area contributed by atoms with Gasteiger partial charge in [-0.2, -0.15) is 0 Å². The molecule has 0 aromatic heterocycles. The molecule has 2 rings (SSSR count). The molecule has 0 unspecified atom stereocenters. The largest absolute Gasteiger partial charge is 0.508 e. The maximum absolute atomic E-state index is 10.1. The van der Waals surface area contributed by atoms with Crippen LogP contribution in [0.15, 0.2) is 48.5 Å². The number of benzene rings is 2. The van der Waals surface area contributed by atoms with E-state index in [1.54, 1.807) is 0 Å². The van der Waals surface area contributed by atoms with E-state index in [9.17, 15) is 15.3 Å². The maximum Gasteiger partial charge on any atom is 0.120 e. The summed E-state index contributed by atoms with van der Waals surface area (Å²) < 4.78 is 0. The van der Waals surface area contributed by atoms with Gasteiger partial charge in [0.05, 0.1) is 12.1 Å². The lowest BCUT2D eigenvalue weighted by atomic mass is 9.96. The van der Waals surface area contributed by atoms with Crippen molar-refractivity contribution in [3.05, 3.63) is 59.7 Å². The number of rotatable bonds is 4. The Kier molecular flexibility index (Phi) is 4.04. The second-order valence-corrected chi connectivity index (χ2v) is 4.53. The summed E-state index contributed by atoms with van der Waals surface area (Å²) in [6, 6.07) is 12.8. The topological polar surface area (TPSA) is 86.7 Å². The molecule has 0 amide bonds. The van der Waals surface area contributed by atoms with Gasteiger partial charge in [0.1, 0.15) is 11.5 Å². The first kappa shape index (κ1) is 13.4. The molecule has 0 fully saturated rings. The minimum absolute atomic E-state index is 0.00941. The van der Waals surface area contributed by atoms with Crippen molar-refractivity contribution in [2.24, 2.45) is 5.73 Å². The molecule has 0 spiro atoms. The van der Waals surface area contributed by atoms with Crippen molar-refractivity contribution in [1.82, 2.24) is 0 Å². The number of aliphatic hydroxyl groups excluding tert-OH is 1. The highest BCUT2D eigenvalue weighted by Crippen LogP contribution is 2.29. The van der Waals surface area contributed by atoms with Crippen molar-refractivity contribution < 1.29 is 15.3 Å². The van der Waals surface area contributed by atoms with Crippen LogP contribution in [-0.4, -0.2) is 21.4 Å². The third-order valence-electron chi connectivity index (χ3n) is 3.07. The summed E-state index contributed by atoms with van der Waals surface area (Å²) in [5, 5.41) is 29.2. The maximum atomic E-state index is 10.1. The van der Waals surface area contributed by atoms with Crippen molar-refractivity contribution in [2.45, 2.75) is 18.6 Å². The fourth-order valence-corrected chi connectivity index (χ4v) is 2.00. The Morgan fingerprint density at radius 2 is 1.68 bits per heavy atom. The molecule has 2 aromatic carbocycles. The number of nitrogens with two attached hydrogens (primary N) is 1. The van der Waals surface area contributed by atoms with Gasteiger partial charge >= 0.3 is 0 Å². The number of hydrogen-bond acceptors (Lipinski definition) is 4. The van der Waals surface area contributed by atoms with Crippen LogP contribution in [0.2, 0.25) is 0 Å². The Morgan fingerprint density at radius 3 is 2.37 bits per heavy atom. The molecule has 0 saturated heterocycles. The van der Waals surface area contributed by atoms with Crippen LogP contribution in [0.4, 0.5) is 0 Å². The minimum atomic E-state index is -0.838. The summed E-state index contributed by atoms with van der Waals surface area (Å²) in [6.07, 6.45) is -0.452. The quantitative estimate of drug-likeness (QED) is 0.629. The van der Waals surface area contributed by atoms with Crippen LogP contribution in [0.1, 0.15) is 17.2 Å². The number of phenols is 2. The van der Waals surface area contributed by atoms with Crippen molar-refractivity contribution >= 4 is 0 Å². The molecule has 2 aromatic rings. The van der Waals surface area contributed by atoms with Gasteiger partial charge in [-0.15, -0.1) is 0 Å². The monoisotopic (exact) mass is 259 g/mol. The van der Waals surface area contributed by atoms with Gasteiger partial charge in [-0.25, -0.2) is 0 Å². The Bertz CT molecular complexity index is 542. The first-order valence-corrected chi connectivity index (χ1v) is 6.07. The average Bonchev–Trinajstić information content (AvgIpc) is 2.42. The average molecular weight is 259 g/mol. The van der Waals surface area contributed by atoms with E-state index in [1.165, 1.54) is 18.2 Å². The van der Waals surface area contributed by atoms with E-state index < -0.39 is 12.1 Å². The van der Waals surface area contributed by atoms with E-state index in [0.29, 0.717) is 12.0 Å². The predicted octanol–water partition coefficient (Wildman–Crippen LogP) is 1.70. The molecule has 100 valence electrons. The minimum Gasteiger partial charge on any atom is -0.508 e. The van der Waals surface area contributed by atoms with E-state index in [1.807, 2.05) is 30.3 Å². The van der Waals surface area contributed by atoms with Gasteiger partial charge in [0, 0.05) is 12.0 Å². The van der Waals surface area contributed by atoms with Gasteiger partial charge in [-0.05, 0) is 23.8 Å². The fourth-order valence-electron chi connectivity index (χ4n) is 2.00. The summed E-state index contributed by atoms with van der Waals surface area (Å²) in [4.78, 5) is 0. The van der Waals surface area contributed by atoms with Crippen LogP contribution in [0, 0.1) is 0 Å². The summed E-state index contributed by atoms with van der Waals surface area (Å²) in [5.74, 6) is -0.0208. The third-order valence-corrected chi connectivity index (χ3v) is 3.07. The molecule has 0 heterocycles. The van der Waals surface area contributed by atoms with Gasteiger partial charge in [0.25, 0.3) is 0 Å². The third kappa shape index (κ3) is 3.24. The van der Waals surface area contributed by atoms with Crippen molar-refractivity contribution in [2.75, 3.05) is 0 Å². The Hall–Kier alpha value is -2.04. The van der Waals surface area contributed by atoms with Crippen LogP contribution in [-0.2, 0) is 6.42 Å². The number of phenolic OH excluding ortho intramolecular Hbond substituents is 2. The zero-order chi connectivity index (χ0) is 13.8. The summed E-state index contributed by atoms with van der Waals surface area (Å²) in [7, 11) is 0. The molecule has 4 nitrogen and oxygen atoms in total. The molecule has 0 radical (unpaired) electrons. The molecular formula is C15H17NO3. The number of hydrogen-bond donors (Lipinski definition) is 4. The van der Waals surface area contributed by atoms with Gasteiger partial charge in [0.2, 0.25) is 0 Å². The molecule has 5 N–H and O–H groups in total. The van der Waals surface area contributed by atoms with Crippen LogP contribution < -0.4 is 5.73 Å². The highest BCUT2D eigenvalue weighted by atomic mass is 16.3. The molecule has 0 aliphatic carbocycles. The van der Waals surface area contributed by atoms with Crippen molar-refractivity contribution in [1.29, 1.82) is 0 Å². The second kappa shape index (κ2) is 5.73. The first-order chi connectivity index (χ1) is 9.08. The summed E-state index contributed by atoms with van der Waals surface area (Å²) in [5.41, 5.74) is 7.23. The molecule has 0 aliphatic heterocycles. The lowest BCUT2D eigenvalue weighted by Gasteiger charge is -2.20. The van der Waals surface area contributed by atoms with E-state index >= 15 is 0 Å². The molecule has 0 saturated carbocycles. The molecular weight excluding hydrogens is 242 g/mol. The van der Waals surface area contributed by atoms with Crippen LogP contribution in [0.25, 0.3) is 0 Å². The molecule has 0 bridgehead atoms. The van der Waals surface area contributed by atoms with Gasteiger partial charge in [-0.3, -0.25) is 0 Å². The zero-order valence-corrected chi connectivity index (χ0v) is 10.4. The van der Waals surface area contributed by atoms with E-state index in [4.69, 9.17) is 5.73 Å². The smallest absolute Gasteiger partial charge is 0.120 e. The zero-order valence-electron chi connectivity index (χ0n) is 10.4. The normalized spacial score (nSPS) is 14.0. The van der Waals surface area contributed by atoms with Crippen molar-refractivity contribution in [3.8, 4) is 11.5 Å². The lowest BCUT2D eigenvalue weighted by molar-refractivity contribution is 0.143. The molecule has 4 heteroatoms. The second-order valence-electron chi connectivity index (χ2n) is 4.53. The van der Waals surface area contributed by atoms with Crippen molar-refractivity contribution in [3.63, 3.8) is 0 Å². The first-order valence-electron chi connectivity index (χ1n) is 6.07. The van der Waals surface area contributed by atoms with Gasteiger partial charge < -0.3 is 21.1 Å². The van der Waals surface area contributed by atoms with Crippen LogP contribution >= 0.6 is 0 Å². The summed E-state index contributed by atoms with van der Waals surface area (Å²) >= 11 is 0. The van der Waals surface area contributed by atoms with E-state index in [-0.39, 0.29) is 11.5 Å². The van der Waals surface area contributed by atoms with E-state index in [0.717, 1.165) is 5.56 Å². The lowest BCUT2D eigenvalue weighted by Crippen LogP contribution is -2.28. The standard InChI is InChI=1S/C15H17NO3/c16-15(12-9-11(17)6-7-13(12)18)14(19)8-10-4-2-1-3-5-10/h1-7,9,14-15,17-19H,8,16H2/t14-,15+/m1/s1. The SMILES string of the molecule is N[C@@H](c1cc(O)ccc1O)[C@H](O)Cc1ccccc1. The highest BCUT2D eigenvalue weighted by Gasteiger charge is 2.20. The van der Waals surface area contributed by atoms with E-state index in [2.05, 4.69) is 0 Å². The highest BCUT2D eigenvalue weighted by molar-refractivity contribution is 5.41. The number of aromatic hydroxyl groups is 2. The Labute approximate surface area is 111 Å². The Morgan fingerprint density at radius 1 is 1.00 bits per heavy atom. The van der Waals surface area contributed by atoms with Gasteiger partial charge in [-0.1, -0.05) is 30.3 Å². The summed E-state index contributed by atoms with van der Waals surface area (Å²) in [6.45, 7) is 0. The Balaban J connectivity index is 2.14. The van der Waals surface area contributed by atoms with Crippen LogP contribution in [0.5, 0.6) is 11.5 Å². The molecule has 2 atom stereocenters. The fraction of sp³-hybridized carbons (Fsp3) is 0.200. The molecule has 19 heavy (non-hydrogen) atoms. The van der Waals surface area contributed by atoms with Crippen LogP contribution in [0.3, 0.4) is 0 Å². The number of aliphatic hydroxyl groups is 1. The predicted molar refractivity (Wildman–Crippen MR) is 72.9 cm³/mol. The van der Waals surface area contributed by atoms with Gasteiger partial charge in [0.15, 0.2) is 0 Å².